The Balaban J connectivity index is 0.00000220. The van der Waals surface area contributed by atoms with Crippen molar-refractivity contribution in [1.29, 1.82) is 0 Å². The van der Waals surface area contributed by atoms with E-state index in [0.29, 0.717) is 0 Å². The van der Waals surface area contributed by atoms with E-state index in [1.807, 2.05) is 5.32 Å². The number of carbonyl (C=O) groups excluding carboxylic acids is 1. The minimum Gasteiger partial charge on any atom is -0.443 e. The summed E-state index contributed by atoms with van der Waals surface area (Å²) >= 11 is 0. The molecule has 1 aliphatic heterocycles. The van der Waals surface area contributed by atoms with E-state index < -0.39 is 36.8 Å². The Labute approximate surface area is 121 Å². The van der Waals surface area contributed by atoms with Gasteiger partial charge < -0.3 is 14.8 Å². The van der Waals surface area contributed by atoms with Crippen molar-refractivity contribution in [2.75, 3.05) is 6.61 Å². The van der Waals surface area contributed by atoms with Crippen LogP contribution in [-0.2, 0) is 4.74 Å². The van der Waals surface area contributed by atoms with Gasteiger partial charge in [-0.3, -0.25) is 0 Å². The number of amides is 1. The molecule has 1 heterocycles. The number of carbonyl (C=O) groups is 1. The molecule has 1 aromatic carbocycles. The van der Waals surface area contributed by atoms with E-state index in [1.165, 1.54) is 0 Å². The molecule has 2 rings (SSSR count). The second-order valence-electron chi connectivity index (χ2n) is 4.03. The van der Waals surface area contributed by atoms with Gasteiger partial charge >= 0.3 is 18.4 Å². The van der Waals surface area contributed by atoms with E-state index >= 15 is 0 Å². The molecule has 0 bridgehead atoms. The Kier molecular flexibility index (Phi) is 4.87. The zero-order valence-electron chi connectivity index (χ0n) is 10.1. The van der Waals surface area contributed by atoms with Crippen LogP contribution in [-0.4, -0.2) is 25.0 Å². The minimum absolute atomic E-state index is 0. The van der Waals surface area contributed by atoms with Crippen molar-refractivity contribution >= 4 is 18.5 Å². The Hall–Kier alpha value is -1.77. The first-order valence-corrected chi connectivity index (χ1v) is 5.34. The van der Waals surface area contributed by atoms with Gasteiger partial charge in [-0.05, 0) is 17.7 Å². The maximum absolute atomic E-state index is 13.5. The van der Waals surface area contributed by atoms with Crippen molar-refractivity contribution in [3.8, 4) is 5.75 Å². The highest BCUT2D eigenvalue weighted by Crippen LogP contribution is 2.35. The van der Waals surface area contributed by atoms with Crippen molar-refractivity contribution in [2.45, 2.75) is 18.3 Å². The molecule has 1 amide bonds. The van der Waals surface area contributed by atoms with E-state index in [4.69, 9.17) is 0 Å². The largest absolute Gasteiger partial charge is 0.573 e. The number of benzene rings is 1. The lowest BCUT2D eigenvalue weighted by molar-refractivity contribution is -0.274. The van der Waals surface area contributed by atoms with Crippen molar-refractivity contribution in [1.82, 2.24) is 5.32 Å². The second-order valence-corrected chi connectivity index (χ2v) is 4.03. The summed E-state index contributed by atoms with van der Waals surface area (Å²) in [6.45, 7) is -1.09. The van der Waals surface area contributed by atoms with Crippen LogP contribution < -0.4 is 10.1 Å². The topological polar surface area (TPSA) is 47.6 Å². The van der Waals surface area contributed by atoms with Gasteiger partial charge in [0.05, 0.1) is 0 Å². The van der Waals surface area contributed by atoms with Crippen LogP contribution in [0.15, 0.2) is 24.3 Å². The van der Waals surface area contributed by atoms with Crippen LogP contribution >= 0.6 is 12.4 Å². The van der Waals surface area contributed by atoms with Crippen LogP contribution in [0, 0.1) is 0 Å². The van der Waals surface area contributed by atoms with Gasteiger partial charge in [-0.15, -0.1) is 25.6 Å². The Morgan fingerprint density at radius 3 is 2.33 bits per heavy atom. The molecular formula is C11H9ClF5NO3. The monoisotopic (exact) mass is 333 g/mol. The van der Waals surface area contributed by atoms with E-state index in [0.717, 1.165) is 24.3 Å². The normalized spacial score (nSPS) is 20.8. The summed E-state index contributed by atoms with van der Waals surface area (Å²) in [4.78, 5) is 10.9. The Bertz CT molecular complexity index is 506. The zero-order chi connectivity index (χ0) is 15.0. The highest BCUT2D eigenvalue weighted by molar-refractivity contribution is 5.85. The first-order valence-electron chi connectivity index (χ1n) is 5.34. The van der Waals surface area contributed by atoms with Gasteiger partial charge in [-0.2, -0.15) is 0 Å². The molecule has 0 aliphatic carbocycles. The van der Waals surface area contributed by atoms with Crippen LogP contribution in [0.4, 0.5) is 26.7 Å². The Morgan fingerprint density at radius 1 is 1.24 bits per heavy atom. The fourth-order valence-corrected chi connectivity index (χ4v) is 1.70. The quantitative estimate of drug-likeness (QED) is 0.844. The second kappa shape index (κ2) is 5.92. The number of ether oxygens (including phenoxy) is 2. The number of hydrogen-bond acceptors (Lipinski definition) is 3. The van der Waals surface area contributed by atoms with E-state index in [1.54, 1.807) is 0 Å². The molecule has 4 nitrogen and oxygen atoms in total. The lowest BCUT2D eigenvalue weighted by Gasteiger charge is -2.31. The molecule has 1 aromatic rings. The molecule has 0 radical (unpaired) electrons. The molecule has 0 spiro atoms. The predicted molar refractivity (Wildman–Crippen MR) is 62.5 cm³/mol. The number of cyclic esters (lactones) is 1. The molecule has 1 N–H and O–H groups in total. The van der Waals surface area contributed by atoms with Crippen LogP contribution in [0.5, 0.6) is 5.75 Å². The van der Waals surface area contributed by atoms with Gasteiger partial charge in [0.1, 0.15) is 11.8 Å². The van der Waals surface area contributed by atoms with Crippen molar-refractivity contribution in [3.05, 3.63) is 29.8 Å². The van der Waals surface area contributed by atoms with Gasteiger partial charge in [-0.1, -0.05) is 12.1 Å². The fraction of sp³-hybridized carbons (Fsp3) is 0.364. The van der Waals surface area contributed by atoms with Gasteiger partial charge in [0.2, 0.25) is 0 Å². The van der Waals surface area contributed by atoms with Gasteiger partial charge in [0.25, 0.3) is 0 Å². The molecule has 21 heavy (non-hydrogen) atoms. The predicted octanol–water partition coefficient (Wildman–Crippen LogP) is 3.42. The van der Waals surface area contributed by atoms with Crippen LogP contribution in [0.1, 0.15) is 11.6 Å². The van der Waals surface area contributed by atoms with E-state index in [9.17, 15) is 26.7 Å². The maximum atomic E-state index is 13.5. The molecule has 10 heteroatoms. The highest BCUT2D eigenvalue weighted by Gasteiger charge is 2.46. The standard InChI is InChI=1S/C11H8F5NO3.ClH/c12-10(13)5-19-9(18)17-8(10)6-1-3-7(4-2-6)20-11(14,15)16;/h1-4,8H,5H2,(H,17,18);1H/t8-;/m1./s1. The molecule has 0 aromatic heterocycles. The lowest BCUT2D eigenvalue weighted by atomic mass is 10.00. The lowest BCUT2D eigenvalue weighted by Crippen LogP contribution is -2.49. The Morgan fingerprint density at radius 2 is 1.81 bits per heavy atom. The highest BCUT2D eigenvalue weighted by atomic mass is 35.5. The third-order valence-electron chi connectivity index (χ3n) is 2.53. The molecule has 1 fully saturated rings. The summed E-state index contributed by atoms with van der Waals surface area (Å²) in [5.74, 6) is -3.90. The average molecular weight is 334 g/mol. The molecule has 1 saturated heterocycles. The van der Waals surface area contributed by atoms with Crippen LogP contribution in [0.2, 0.25) is 0 Å². The van der Waals surface area contributed by atoms with Crippen molar-refractivity contribution in [3.63, 3.8) is 0 Å². The van der Waals surface area contributed by atoms with Gasteiger partial charge in [0.15, 0.2) is 6.61 Å². The third-order valence-corrected chi connectivity index (χ3v) is 2.53. The van der Waals surface area contributed by atoms with E-state index in [-0.39, 0.29) is 18.0 Å². The van der Waals surface area contributed by atoms with Crippen molar-refractivity contribution in [2.24, 2.45) is 0 Å². The number of halogens is 6. The third kappa shape index (κ3) is 4.35. The fourth-order valence-electron chi connectivity index (χ4n) is 1.70. The molecule has 118 valence electrons. The summed E-state index contributed by atoms with van der Waals surface area (Å²) in [6.07, 6.45) is -5.88. The SMILES string of the molecule is Cl.O=C1N[C@H](c2ccc(OC(F)(F)F)cc2)C(F)(F)CO1. The minimum atomic E-state index is -4.86. The van der Waals surface area contributed by atoms with Crippen LogP contribution in [0.3, 0.4) is 0 Å². The number of alkyl carbamates (subject to hydrolysis) is 1. The summed E-state index contributed by atoms with van der Waals surface area (Å²) in [6, 6.07) is 2.15. The number of alkyl halides is 5. The molecule has 1 atom stereocenters. The molecular weight excluding hydrogens is 325 g/mol. The summed E-state index contributed by atoms with van der Waals surface area (Å²) in [5.41, 5.74) is -0.0545. The zero-order valence-corrected chi connectivity index (χ0v) is 10.9. The first kappa shape index (κ1) is 17.3. The molecule has 1 aliphatic rings. The van der Waals surface area contributed by atoms with Crippen molar-refractivity contribution < 1.29 is 36.2 Å². The molecule has 0 unspecified atom stereocenters. The maximum Gasteiger partial charge on any atom is 0.573 e. The average Bonchev–Trinajstić information content (AvgIpc) is 2.32. The smallest absolute Gasteiger partial charge is 0.443 e. The van der Waals surface area contributed by atoms with E-state index in [2.05, 4.69) is 9.47 Å². The number of rotatable bonds is 2. The number of nitrogens with one attached hydrogen (secondary N) is 1. The van der Waals surface area contributed by atoms with Crippen LogP contribution in [0.25, 0.3) is 0 Å². The van der Waals surface area contributed by atoms with Gasteiger partial charge in [0, 0.05) is 0 Å². The summed E-state index contributed by atoms with van der Waals surface area (Å²) in [5, 5.41) is 1.92. The summed E-state index contributed by atoms with van der Waals surface area (Å²) < 4.78 is 70.7. The van der Waals surface area contributed by atoms with Gasteiger partial charge in [-0.25, -0.2) is 13.6 Å². The molecule has 0 saturated carbocycles. The summed E-state index contributed by atoms with van der Waals surface area (Å²) in [7, 11) is 0. The first-order chi connectivity index (χ1) is 9.17. The number of hydrogen-bond donors (Lipinski definition) is 1.